The minimum atomic E-state index is -4.96. The van der Waals surface area contributed by atoms with Gasteiger partial charge in [0.2, 0.25) is 0 Å². The summed E-state index contributed by atoms with van der Waals surface area (Å²) in [5.74, 6) is -2.12. The maximum atomic E-state index is 13.1. The van der Waals surface area contributed by atoms with E-state index in [1.54, 1.807) is 0 Å². The highest BCUT2D eigenvalue weighted by Crippen LogP contribution is 2.45. The minimum absolute atomic E-state index is 0.107. The van der Waals surface area contributed by atoms with Gasteiger partial charge in [-0.25, -0.2) is 9.13 Å². The topological polar surface area (TPSA) is 237 Å². The van der Waals surface area contributed by atoms with Gasteiger partial charge in [-0.2, -0.15) is 0 Å². The Morgan fingerprint density at radius 3 is 0.602 bits per heavy atom. The molecule has 0 radical (unpaired) electrons. The van der Waals surface area contributed by atoms with Crippen LogP contribution >= 0.6 is 15.6 Å². The van der Waals surface area contributed by atoms with Crippen LogP contribution in [0.15, 0.2) is 0 Å². The van der Waals surface area contributed by atoms with E-state index in [9.17, 15) is 43.2 Å². The van der Waals surface area contributed by atoms with E-state index in [0.29, 0.717) is 25.7 Å². The third-order valence-corrected chi connectivity index (χ3v) is 20.5. The molecule has 0 amide bonds. The quantitative estimate of drug-likeness (QED) is 0.0222. The van der Waals surface area contributed by atoms with E-state index in [1.807, 2.05) is 0 Å². The lowest BCUT2D eigenvalue weighted by Crippen LogP contribution is -2.30. The standard InChI is InChI=1S/C79H154O17P2/c1-5-9-13-17-21-24-27-29-31-33-35-36-37-39-41-43-45-47-50-54-58-62-66-79(84)96-75(70-90-77(82)64-60-56-52-49-46-44-42-40-38-34-32-30-28-25-22-18-14-10-6-2)72-94-98(87,88)92-68-73(80)67-91-97(85,86)93-71-74(69-89-76(81)63-59-55-51-20-16-12-8-4)95-78(83)65-61-57-53-48-26-23-19-15-11-7-3/h73-75,80H,5-72H2,1-4H3,(H,85,86)(H,87,88)/t73-,74+,75+/m0/s1. The molecule has 0 aromatic rings. The fourth-order valence-corrected chi connectivity index (χ4v) is 13.9. The number of rotatable bonds is 80. The number of phosphoric ester groups is 2. The molecule has 0 rings (SSSR count). The van der Waals surface area contributed by atoms with Crippen LogP contribution < -0.4 is 0 Å². The van der Waals surface area contributed by atoms with E-state index in [1.165, 1.54) is 244 Å². The molecule has 0 aromatic carbocycles. The van der Waals surface area contributed by atoms with Gasteiger partial charge in [-0.15, -0.1) is 0 Å². The zero-order chi connectivity index (χ0) is 71.8. The molecule has 0 aliphatic carbocycles. The molecule has 0 saturated carbocycles. The lowest BCUT2D eigenvalue weighted by molar-refractivity contribution is -0.161. The van der Waals surface area contributed by atoms with Gasteiger partial charge in [-0.3, -0.25) is 37.3 Å². The summed E-state index contributed by atoms with van der Waals surface area (Å²) >= 11 is 0. The third-order valence-electron chi connectivity index (χ3n) is 18.6. The number of hydrogen-bond acceptors (Lipinski definition) is 15. The van der Waals surface area contributed by atoms with Crippen LogP contribution in [0.1, 0.15) is 426 Å². The number of aliphatic hydroxyl groups is 1. The van der Waals surface area contributed by atoms with Crippen molar-refractivity contribution in [2.24, 2.45) is 0 Å². The van der Waals surface area contributed by atoms with Crippen LogP contribution in [-0.4, -0.2) is 96.7 Å². The molecule has 582 valence electrons. The molecule has 3 N–H and O–H groups in total. The van der Waals surface area contributed by atoms with Crippen LogP contribution in [0.5, 0.6) is 0 Å². The van der Waals surface area contributed by atoms with Gasteiger partial charge < -0.3 is 33.8 Å². The number of aliphatic hydroxyl groups excluding tert-OH is 1. The van der Waals surface area contributed by atoms with E-state index in [-0.39, 0.29) is 25.7 Å². The van der Waals surface area contributed by atoms with E-state index >= 15 is 0 Å². The van der Waals surface area contributed by atoms with Crippen molar-refractivity contribution in [3.8, 4) is 0 Å². The van der Waals surface area contributed by atoms with Crippen molar-refractivity contribution < 1.29 is 80.2 Å². The Morgan fingerprint density at radius 2 is 0.408 bits per heavy atom. The first-order chi connectivity index (χ1) is 47.7. The van der Waals surface area contributed by atoms with Crippen molar-refractivity contribution >= 4 is 39.5 Å². The van der Waals surface area contributed by atoms with Crippen molar-refractivity contribution in [3.05, 3.63) is 0 Å². The van der Waals surface area contributed by atoms with E-state index in [4.69, 9.17) is 37.0 Å². The Bertz CT molecular complexity index is 1860. The first-order valence-corrected chi connectivity index (χ1v) is 44.3. The van der Waals surface area contributed by atoms with Gasteiger partial charge in [0.1, 0.15) is 19.3 Å². The largest absolute Gasteiger partial charge is 0.472 e. The summed E-state index contributed by atoms with van der Waals surface area (Å²) in [4.78, 5) is 72.7. The fraction of sp³-hybridized carbons (Fsp3) is 0.949. The van der Waals surface area contributed by atoms with Crippen LogP contribution in [-0.2, 0) is 65.4 Å². The maximum Gasteiger partial charge on any atom is 0.472 e. The first kappa shape index (κ1) is 96.1. The highest BCUT2D eigenvalue weighted by atomic mass is 31.2. The van der Waals surface area contributed by atoms with E-state index in [2.05, 4.69) is 27.7 Å². The van der Waals surface area contributed by atoms with Crippen LogP contribution in [0, 0.1) is 0 Å². The van der Waals surface area contributed by atoms with Crippen LogP contribution in [0.2, 0.25) is 0 Å². The number of hydrogen-bond donors (Lipinski definition) is 3. The normalized spacial score (nSPS) is 13.8. The van der Waals surface area contributed by atoms with Crippen molar-refractivity contribution in [1.29, 1.82) is 0 Å². The molecule has 0 fully saturated rings. The summed E-state index contributed by atoms with van der Waals surface area (Å²) < 4.78 is 68.4. The predicted octanol–water partition coefficient (Wildman–Crippen LogP) is 23.8. The predicted molar refractivity (Wildman–Crippen MR) is 400 cm³/mol. The lowest BCUT2D eigenvalue weighted by Gasteiger charge is -2.21. The Labute approximate surface area is 600 Å². The zero-order valence-corrected chi connectivity index (χ0v) is 65.6. The molecule has 17 nitrogen and oxygen atoms in total. The maximum absolute atomic E-state index is 13.1. The van der Waals surface area contributed by atoms with Crippen LogP contribution in [0.4, 0.5) is 0 Å². The van der Waals surface area contributed by atoms with Crippen molar-refractivity contribution in [2.75, 3.05) is 39.6 Å². The molecule has 0 aromatic heterocycles. The summed E-state index contributed by atoms with van der Waals surface area (Å²) in [5.41, 5.74) is 0. The molecular weight excluding hydrogens is 1280 g/mol. The number of phosphoric acid groups is 2. The second kappa shape index (κ2) is 73.4. The Balaban J connectivity index is 5.13. The number of ether oxygens (including phenoxy) is 4. The van der Waals surface area contributed by atoms with Gasteiger partial charge >= 0.3 is 39.5 Å². The first-order valence-electron chi connectivity index (χ1n) is 41.3. The van der Waals surface area contributed by atoms with Gasteiger partial charge in [0, 0.05) is 25.7 Å². The van der Waals surface area contributed by atoms with Gasteiger partial charge in [0.25, 0.3) is 0 Å². The molecule has 2 unspecified atom stereocenters. The summed E-state index contributed by atoms with van der Waals surface area (Å²) in [6.07, 6.45) is 65.6. The average molecular weight is 1440 g/mol. The zero-order valence-electron chi connectivity index (χ0n) is 63.8. The lowest BCUT2D eigenvalue weighted by atomic mass is 10.0. The summed E-state index contributed by atoms with van der Waals surface area (Å²) in [5, 5.41) is 10.6. The minimum Gasteiger partial charge on any atom is -0.462 e. The van der Waals surface area contributed by atoms with Crippen molar-refractivity contribution in [1.82, 2.24) is 0 Å². The summed E-state index contributed by atoms with van der Waals surface area (Å²) in [7, 11) is -9.90. The molecule has 0 bridgehead atoms. The van der Waals surface area contributed by atoms with Crippen LogP contribution in [0.3, 0.4) is 0 Å². The molecule has 0 aliphatic rings. The third kappa shape index (κ3) is 72.4. The van der Waals surface area contributed by atoms with Gasteiger partial charge in [0.05, 0.1) is 26.4 Å². The molecule has 19 heteroatoms. The Morgan fingerprint density at radius 1 is 0.245 bits per heavy atom. The SMILES string of the molecule is CCCCCCCCCCCCCCCCCCCCCCCCC(=O)O[C@H](COC(=O)CCCCCCCCCCCCCCCCCCCCC)COP(=O)(O)OC[C@@H](O)COP(=O)(O)OC[C@@H](COC(=O)CCCCCCCCC)OC(=O)CCCCCCCCCCCC. The van der Waals surface area contributed by atoms with Gasteiger partial charge in [-0.05, 0) is 25.7 Å². The Hall–Kier alpha value is -1.94. The molecule has 0 aliphatic heterocycles. The van der Waals surface area contributed by atoms with E-state index < -0.39 is 97.5 Å². The smallest absolute Gasteiger partial charge is 0.462 e. The Kier molecular flexibility index (Phi) is 71.9. The van der Waals surface area contributed by atoms with Crippen LogP contribution in [0.25, 0.3) is 0 Å². The van der Waals surface area contributed by atoms with Crippen molar-refractivity contribution in [3.63, 3.8) is 0 Å². The molecular formula is C79H154O17P2. The van der Waals surface area contributed by atoms with E-state index in [0.717, 1.165) is 103 Å². The van der Waals surface area contributed by atoms with Crippen molar-refractivity contribution in [2.45, 2.75) is 444 Å². The number of carbonyl (C=O) groups excluding carboxylic acids is 4. The summed E-state index contributed by atoms with van der Waals surface area (Å²) in [6, 6.07) is 0. The fourth-order valence-electron chi connectivity index (χ4n) is 12.3. The number of unbranched alkanes of at least 4 members (excludes halogenated alkanes) is 54. The van der Waals surface area contributed by atoms with Gasteiger partial charge in [0.15, 0.2) is 12.2 Å². The summed E-state index contributed by atoms with van der Waals surface area (Å²) in [6.45, 7) is 4.95. The molecule has 0 saturated heterocycles. The molecule has 5 atom stereocenters. The second-order valence-corrected chi connectivity index (χ2v) is 31.4. The average Bonchev–Trinajstić information content (AvgIpc) is 1.13. The van der Waals surface area contributed by atoms with Gasteiger partial charge in [-0.1, -0.05) is 374 Å². The monoisotopic (exact) mass is 1440 g/mol. The number of carbonyl (C=O) groups is 4. The molecule has 0 spiro atoms. The highest BCUT2D eigenvalue weighted by molar-refractivity contribution is 7.47. The second-order valence-electron chi connectivity index (χ2n) is 28.5. The molecule has 0 heterocycles. The highest BCUT2D eigenvalue weighted by Gasteiger charge is 2.30. The molecule has 98 heavy (non-hydrogen) atoms. The number of esters is 4.